The number of ketones is 1. The number of hydrogen-bond acceptors (Lipinski definition) is 4. The first-order valence-electron chi connectivity index (χ1n) is 5.29. The predicted molar refractivity (Wildman–Crippen MR) is 61.2 cm³/mol. The van der Waals surface area contributed by atoms with E-state index >= 15 is 0 Å². The molecule has 2 heterocycles. The van der Waals surface area contributed by atoms with Gasteiger partial charge in [-0.25, -0.2) is 0 Å². The molecule has 0 N–H and O–H groups in total. The predicted octanol–water partition coefficient (Wildman–Crippen LogP) is 2.16. The van der Waals surface area contributed by atoms with Crippen LogP contribution in [0.5, 0.6) is 0 Å². The minimum absolute atomic E-state index is 0.264. The van der Waals surface area contributed by atoms with E-state index in [1.54, 1.807) is 6.20 Å². The van der Waals surface area contributed by atoms with E-state index in [-0.39, 0.29) is 5.78 Å². The van der Waals surface area contributed by atoms with Crippen LogP contribution in [-0.2, 0) is 6.42 Å². The summed E-state index contributed by atoms with van der Waals surface area (Å²) in [4.78, 5) is 11.8. The van der Waals surface area contributed by atoms with Gasteiger partial charge < -0.3 is 4.57 Å². The minimum atomic E-state index is 0.264. The average molecular weight is 233 g/mol. The van der Waals surface area contributed by atoms with Crippen molar-refractivity contribution in [3.8, 4) is 5.00 Å². The maximum atomic E-state index is 11.8. The first-order valence-corrected chi connectivity index (χ1v) is 6.07. The second kappa shape index (κ2) is 3.52. The number of carbonyl (C=O) groups excluding carboxylic acids is 1. The molecule has 4 nitrogen and oxygen atoms in total. The Morgan fingerprint density at radius 1 is 1.44 bits per heavy atom. The lowest BCUT2D eigenvalue weighted by Gasteiger charge is -2.13. The summed E-state index contributed by atoms with van der Waals surface area (Å²) in [6.07, 6.45) is 4.34. The van der Waals surface area contributed by atoms with Crippen molar-refractivity contribution >= 4 is 17.3 Å². The van der Waals surface area contributed by atoms with Gasteiger partial charge in [-0.1, -0.05) is 4.49 Å². The van der Waals surface area contributed by atoms with Crippen LogP contribution >= 0.6 is 11.5 Å². The third-order valence-electron chi connectivity index (χ3n) is 2.97. The van der Waals surface area contributed by atoms with Crippen molar-refractivity contribution in [1.29, 1.82) is 0 Å². The molecular weight excluding hydrogens is 222 g/mol. The lowest BCUT2D eigenvalue weighted by molar-refractivity contribution is 0.0972. The summed E-state index contributed by atoms with van der Waals surface area (Å²) in [5, 5.41) is 4.84. The Labute approximate surface area is 97.1 Å². The first-order chi connectivity index (χ1) is 7.77. The maximum absolute atomic E-state index is 11.8. The smallest absolute Gasteiger partial charge is 0.164 e. The molecular formula is C11H11N3OS. The summed E-state index contributed by atoms with van der Waals surface area (Å²) in [6, 6.07) is 1.98. The molecule has 3 rings (SSSR count). The quantitative estimate of drug-likeness (QED) is 0.758. The molecule has 0 fully saturated rings. The third-order valence-corrected chi connectivity index (χ3v) is 3.63. The van der Waals surface area contributed by atoms with Crippen LogP contribution in [0.4, 0.5) is 0 Å². The van der Waals surface area contributed by atoms with E-state index in [1.165, 1.54) is 11.5 Å². The average Bonchev–Trinajstić information content (AvgIpc) is 2.85. The molecule has 82 valence electrons. The number of nitrogens with zero attached hydrogens (tertiary/aromatic N) is 3. The number of Topliss-reactive ketones (excluding diaryl/α,β-unsaturated/α-hetero) is 1. The molecule has 0 amide bonds. The molecule has 2 aromatic heterocycles. The molecule has 0 unspecified atom stereocenters. The van der Waals surface area contributed by atoms with Crippen molar-refractivity contribution in [3.05, 3.63) is 29.2 Å². The molecule has 0 spiro atoms. The van der Waals surface area contributed by atoms with Gasteiger partial charge in [-0.3, -0.25) is 4.79 Å². The van der Waals surface area contributed by atoms with Crippen molar-refractivity contribution in [1.82, 2.24) is 14.2 Å². The number of rotatable bonds is 1. The van der Waals surface area contributed by atoms with E-state index in [9.17, 15) is 4.79 Å². The highest BCUT2D eigenvalue weighted by atomic mass is 32.1. The van der Waals surface area contributed by atoms with Crippen LogP contribution < -0.4 is 0 Å². The summed E-state index contributed by atoms with van der Waals surface area (Å²) in [5.41, 5.74) is 3.10. The molecule has 0 saturated heterocycles. The van der Waals surface area contributed by atoms with Crippen LogP contribution in [0.2, 0.25) is 0 Å². The Morgan fingerprint density at radius 3 is 3.06 bits per heavy atom. The molecule has 0 atom stereocenters. The molecule has 0 bridgehead atoms. The van der Waals surface area contributed by atoms with Gasteiger partial charge in [0.1, 0.15) is 5.00 Å². The van der Waals surface area contributed by atoms with Gasteiger partial charge in [0.25, 0.3) is 0 Å². The van der Waals surface area contributed by atoms with Gasteiger partial charge in [-0.15, -0.1) is 5.10 Å². The zero-order valence-electron chi connectivity index (χ0n) is 8.93. The standard InChI is InChI=1S/C11H11N3OS/c1-7-5-8-9(3-2-4-10(8)15)14(7)11-6-12-13-16-11/h5-6H,2-4H2,1H3. The lowest BCUT2D eigenvalue weighted by atomic mass is 9.97. The largest absolute Gasteiger partial charge is 0.306 e. The normalized spacial score (nSPS) is 15.2. The van der Waals surface area contributed by atoms with Crippen molar-refractivity contribution in [2.24, 2.45) is 0 Å². The molecule has 1 aliphatic rings. The van der Waals surface area contributed by atoms with E-state index in [0.29, 0.717) is 6.42 Å². The Morgan fingerprint density at radius 2 is 2.31 bits per heavy atom. The van der Waals surface area contributed by atoms with E-state index in [2.05, 4.69) is 14.2 Å². The maximum Gasteiger partial charge on any atom is 0.164 e. The fourth-order valence-corrected chi connectivity index (χ4v) is 2.90. The highest BCUT2D eigenvalue weighted by molar-refractivity contribution is 7.08. The molecule has 1 aliphatic carbocycles. The van der Waals surface area contributed by atoms with Gasteiger partial charge in [0.15, 0.2) is 5.78 Å². The van der Waals surface area contributed by atoms with Gasteiger partial charge in [-0.2, -0.15) is 0 Å². The summed E-state index contributed by atoms with van der Waals surface area (Å²) in [6.45, 7) is 2.02. The fraction of sp³-hybridized carbons (Fsp3) is 0.364. The van der Waals surface area contributed by atoms with Crippen LogP contribution in [0, 0.1) is 6.92 Å². The first kappa shape index (κ1) is 9.72. The van der Waals surface area contributed by atoms with E-state index in [4.69, 9.17) is 0 Å². The van der Waals surface area contributed by atoms with Crippen molar-refractivity contribution < 1.29 is 4.79 Å². The summed E-state index contributed by atoms with van der Waals surface area (Å²) < 4.78 is 5.98. The number of aromatic nitrogens is 3. The number of hydrogen-bond donors (Lipinski definition) is 0. The lowest BCUT2D eigenvalue weighted by Crippen LogP contribution is -2.12. The van der Waals surface area contributed by atoms with Crippen LogP contribution in [0.1, 0.15) is 34.6 Å². The van der Waals surface area contributed by atoms with Gasteiger partial charge in [0.05, 0.1) is 6.20 Å². The molecule has 5 heteroatoms. The molecule has 0 saturated carbocycles. The van der Waals surface area contributed by atoms with Gasteiger partial charge in [0.2, 0.25) is 0 Å². The second-order valence-electron chi connectivity index (χ2n) is 4.01. The highest BCUT2D eigenvalue weighted by Gasteiger charge is 2.23. The highest BCUT2D eigenvalue weighted by Crippen LogP contribution is 2.28. The molecule has 0 aromatic carbocycles. The Kier molecular flexibility index (Phi) is 2.14. The second-order valence-corrected chi connectivity index (χ2v) is 4.78. The van der Waals surface area contributed by atoms with Gasteiger partial charge in [-0.05, 0) is 25.8 Å². The van der Waals surface area contributed by atoms with Crippen molar-refractivity contribution in [2.75, 3.05) is 0 Å². The fourth-order valence-electron chi connectivity index (χ4n) is 2.30. The molecule has 16 heavy (non-hydrogen) atoms. The van der Waals surface area contributed by atoms with E-state index in [0.717, 1.165) is 34.8 Å². The number of carbonyl (C=O) groups is 1. The Bertz CT molecular complexity index is 542. The third kappa shape index (κ3) is 1.31. The van der Waals surface area contributed by atoms with Crippen LogP contribution in [0.3, 0.4) is 0 Å². The number of fused-ring (bicyclic) bond motifs is 1. The van der Waals surface area contributed by atoms with Crippen molar-refractivity contribution in [3.63, 3.8) is 0 Å². The van der Waals surface area contributed by atoms with Gasteiger partial charge >= 0.3 is 0 Å². The topological polar surface area (TPSA) is 47.8 Å². The molecule has 2 aromatic rings. The van der Waals surface area contributed by atoms with E-state index in [1.807, 2.05) is 13.0 Å². The Hall–Kier alpha value is -1.49. The SMILES string of the molecule is Cc1cc2c(n1-c1cnns1)CCCC2=O. The van der Waals surface area contributed by atoms with E-state index < -0.39 is 0 Å². The number of aryl methyl sites for hydroxylation is 1. The van der Waals surface area contributed by atoms with Crippen LogP contribution in [0.15, 0.2) is 12.3 Å². The zero-order chi connectivity index (χ0) is 11.1. The zero-order valence-corrected chi connectivity index (χ0v) is 9.75. The van der Waals surface area contributed by atoms with Crippen LogP contribution in [0.25, 0.3) is 5.00 Å². The molecule has 0 aliphatic heterocycles. The summed E-state index contributed by atoms with van der Waals surface area (Å²) in [7, 11) is 0. The Balaban J connectivity index is 2.23. The molecule has 0 radical (unpaired) electrons. The summed E-state index contributed by atoms with van der Waals surface area (Å²) in [5.74, 6) is 0.264. The van der Waals surface area contributed by atoms with Crippen molar-refractivity contribution in [2.45, 2.75) is 26.2 Å². The van der Waals surface area contributed by atoms with Gasteiger partial charge in [0, 0.05) is 34.9 Å². The monoisotopic (exact) mass is 233 g/mol. The summed E-state index contributed by atoms with van der Waals surface area (Å²) >= 11 is 1.36. The van der Waals surface area contributed by atoms with Crippen LogP contribution in [-0.4, -0.2) is 19.9 Å². The minimum Gasteiger partial charge on any atom is -0.306 e.